The van der Waals surface area contributed by atoms with Crippen molar-refractivity contribution >= 4 is 21.7 Å². The quantitative estimate of drug-likeness (QED) is 0.605. The van der Waals surface area contributed by atoms with E-state index in [1.807, 2.05) is 12.1 Å². The van der Waals surface area contributed by atoms with E-state index in [-0.39, 0.29) is 10.6 Å². The van der Waals surface area contributed by atoms with Crippen LogP contribution in [0.3, 0.4) is 0 Å². The number of alkyl halides is 1. The monoisotopic (exact) mass is 270 g/mol. The number of carbonyl (C=O) groups is 1. The molecule has 3 heteroatoms. The highest BCUT2D eigenvalue weighted by atomic mass is 79.9. The zero-order chi connectivity index (χ0) is 11.3. The molecular formula is C12H15BrO2. The van der Waals surface area contributed by atoms with Gasteiger partial charge in [-0.1, -0.05) is 22.9 Å². The lowest BCUT2D eigenvalue weighted by Gasteiger charge is -2.06. The fourth-order valence-electron chi connectivity index (χ4n) is 1.24. The van der Waals surface area contributed by atoms with E-state index in [0.717, 1.165) is 17.7 Å². The molecule has 0 fully saturated rings. The minimum atomic E-state index is 0.168. The molecule has 0 radical (unpaired) electrons. The van der Waals surface area contributed by atoms with Gasteiger partial charge >= 0.3 is 0 Å². The number of benzene rings is 1. The summed E-state index contributed by atoms with van der Waals surface area (Å²) in [5.74, 6) is 0.943. The van der Waals surface area contributed by atoms with Crippen LogP contribution in [0.4, 0.5) is 0 Å². The summed E-state index contributed by atoms with van der Waals surface area (Å²) in [6, 6.07) is 7.22. The first kappa shape index (κ1) is 12.2. The number of ketones is 1. The van der Waals surface area contributed by atoms with Gasteiger partial charge < -0.3 is 4.74 Å². The molecule has 0 N–H and O–H groups in total. The molecule has 82 valence electrons. The molecule has 1 aromatic carbocycles. The van der Waals surface area contributed by atoms with E-state index in [4.69, 9.17) is 4.74 Å². The summed E-state index contributed by atoms with van der Waals surface area (Å²) in [5, 5.41) is 0. The van der Waals surface area contributed by atoms with Crippen molar-refractivity contribution in [2.75, 3.05) is 7.11 Å². The van der Waals surface area contributed by atoms with Gasteiger partial charge in [-0.05, 0) is 30.7 Å². The van der Waals surface area contributed by atoms with Gasteiger partial charge in [-0.3, -0.25) is 4.79 Å². The third-order valence-electron chi connectivity index (χ3n) is 2.26. The van der Waals surface area contributed by atoms with E-state index >= 15 is 0 Å². The van der Waals surface area contributed by atoms with Crippen LogP contribution in [0.15, 0.2) is 24.3 Å². The number of hydrogen-bond acceptors (Lipinski definition) is 2. The molecule has 0 bridgehead atoms. The van der Waals surface area contributed by atoms with Gasteiger partial charge in [0.2, 0.25) is 0 Å². The third kappa shape index (κ3) is 3.67. The molecule has 0 heterocycles. The Hall–Kier alpha value is -0.830. The van der Waals surface area contributed by atoms with Gasteiger partial charge in [0.05, 0.1) is 7.11 Å². The standard InChI is InChI=1S/C12H15BrO2/c1-3-10(13)8-12(14)9-4-6-11(15-2)7-5-9/h4-7,10H,3,8H2,1-2H3. The molecule has 0 aliphatic heterocycles. The largest absolute Gasteiger partial charge is 0.497 e. The Labute approximate surface area is 98.8 Å². The van der Waals surface area contributed by atoms with Crippen LogP contribution in [-0.2, 0) is 0 Å². The van der Waals surface area contributed by atoms with E-state index < -0.39 is 0 Å². The molecule has 0 amide bonds. The summed E-state index contributed by atoms with van der Waals surface area (Å²) in [6.07, 6.45) is 1.50. The third-order valence-corrected chi connectivity index (χ3v) is 3.23. The van der Waals surface area contributed by atoms with E-state index in [1.54, 1.807) is 19.2 Å². The molecule has 1 atom stereocenters. The Kier molecular flexibility index (Phi) is 4.82. The van der Waals surface area contributed by atoms with E-state index in [2.05, 4.69) is 22.9 Å². The first-order valence-corrected chi connectivity index (χ1v) is 5.90. The first-order chi connectivity index (χ1) is 7.17. The van der Waals surface area contributed by atoms with Crippen molar-refractivity contribution in [3.63, 3.8) is 0 Å². The van der Waals surface area contributed by atoms with Crippen molar-refractivity contribution in [2.45, 2.75) is 24.6 Å². The number of hydrogen-bond donors (Lipinski definition) is 0. The first-order valence-electron chi connectivity index (χ1n) is 4.98. The van der Waals surface area contributed by atoms with Crippen molar-refractivity contribution in [3.8, 4) is 5.75 Å². The predicted octanol–water partition coefficient (Wildman–Crippen LogP) is 3.44. The maximum atomic E-state index is 11.7. The Morgan fingerprint density at radius 2 is 2.00 bits per heavy atom. The molecule has 1 aromatic rings. The normalized spacial score (nSPS) is 12.2. The highest BCUT2D eigenvalue weighted by molar-refractivity contribution is 9.09. The molecule has 2 nitrogen and oxygen atoms in total. The molecule has 1 unspecified atom stereocenters. The average Bonchev–Trinajstić information content (AvgIpc) is 2.29. The highest BCUT2D eigenvalue weighted by Crippen LogP contribution is 2.16. The zero-order valence-corrected chi connectivity index (χ0v) is 10.6. The van der Waals surface area contributed by atoms with Crippen molar-refractivity contribution in [1.29, 1.82) is 0 Å². The van der Waals surface area contributed by atoms with Gasteiger partial charge in [0.15, 0.2) is 5.78 Å². The maximum Gasteiger partial charge on any atom is 0.163 e. The fourth-order valence-corrected chi connectivity index (χ4v) is 1.53. The van der Waals surface area contributed by atoms with Gasteiger partial charge in [-0.25, -0.2) is 0 Å². The molecule has 15 heavy (non-hydrogen) atoms. The van der Waals surface area contributed by atoms with Crippen LogP contribution in [0.1, 0.15) is 30.1 Å². The lowest BCUT2D eigenvalue weighted by Crippen LogP contribution is -2.06. The van der Waals surface area contributed by atoms with Gasteiger partial charge in [0.25, 0.3) is 0 Å². The Morgan fingerprint density at radius 1 is 1.40 bits per heavy atom. The summed E-state index contributed by atoms with van der Waals surface area (Å²) < 4.78 is 5.03. The van der Waals surface area contributed by atoms with E-state index in [1.165, 1.54) is 0 Å². The smallest absolute Gasteiger partial charge is 0.163 e. The van der Waals surface area contributed by atoms with Gasteiger partial charge in [0.1, 0.15) is 5.75 Å². The summed E-state index contributed by atoms with van der Waals surface area (Å²) in [6.45, 7) is 2.06. The molecule has 0 saturated carbocycles. The fraction of sp³-hybridized carbons (Fsp3) is 0.417. The number of methoxy groups -OCH3 is 1. The summed E-state index contributed by atoms with van der Waals surface area (Å²) in [5.41, 5.74) is 0.744. The molecule has 0 saturated heterocycles. The number of rotatable bonds is 5. The van der Waals surface area contributed by atoms with Crippen molar-refractivity contribution < 1.29 is 9.53 Å². The van der Waals surface area contributed by atoms with Gasteiger partial charge in [0, 0.05) is 16.8 Å². The lowest BCUT2D eigenvalue weighted by atomic mass is 10.1. The second kappa shape index (κ2) is 5.91. The van der Waals surface area contributed by atoms with Crippen molar-refractivity contribution in [3.05, 3.63) is 29.8 Å². The second-order valence-electron chi connectivity index (χ2n) is 3.36. The molecule has 0 spiro atoms. The molecular weight excluding hydrogens is 256 g/mol. The lowest BCUT2D eigenvalue weighted by molar-refractivity contribution is 0.0982. The van der Waals surface area contributed by atoms with Gasteiger partial charge in [-0.15, -0.1) is 0 Å². The maximum absolute atomic E-state index is 11.7. The van der Waals surface area contributed by atoms with Crippen LogP contribution >= 0.6 is 15.9 Å². The average molecular weight is 271 g/mol. The Morgan fingerprint density at radius 3 is 2.47 bits per heavy atom. The van der Waals surface area contributed by atoms with Crippen LogP contribution in [0.25, 0.3) is 0 Å². The Balaban J connectivity index is 2.66. The number of ether oxygens (including phenoxy) is 1. The summed E-state index contributed by atoms with van der Waals surface area (Å²) >= 11 is 3.46. The highest BCUT2D eigenvalue weighted by Gasteiger charge is 2.10. The number of halogens is 1. The summed E-state index contributed by atoms with van der Waals surface area (Å²) in [4.78, 5) is 12.0. The molecule has 0 aromatic heterocycles. The van der Waals surface area contributed by atoms with E-state index in [0.29, 0.717) is 6.42 Å². The zero-order valence-electron chi connectivity index (χ0n) is 9.00. The van der Waals surface area contributed by atoms with Crippen LogP contribution in [0, 0.1) is 0 Å². The summed E-state index contributed by atoms with van der Waals surface area (Å²) in [7, 11) is 1.61. The van der Waals surface area contributed by atoms with E-state index in [9.17, 15) is 4.79 Å². The topological polar surface area (TPSA) is 26.3 Å². The van der Waals surface area contributed by atoms with Crippen molar-refractivity contribution in [1.82, 2.24) is 0 Å². The minimum absolute atomic E-state index is 0.168. The predicted molar refractivity (Wildman–Crippen MR) is 64.9 cm³/mol. The molecule has 0 aliphatic rings. The second-order valence-corrected chi connectivity index (χ2v) is 4.66. The Bertz CT molecular complexity index is 319. The number of carbonyl (C=O) groups excluding carboxylic acids is 1. The SMILES string of the molecule is CCC(Br)CC(=O)c1ccc(OC)cc1. The van der Waals surface area contributed by atoms with Crippen LogP contribution in [-0.4, -0.2) is 17.7 Å². The molecule has 0 aliphatic carbocycles. The minimum Gasteiger partial charge on any atom is -0.497 e. The van der Waals surface area contributed by atoms with Crippen LogP contribution < -0.4 is 4.74 Å². The van der Waals surface area contributed by atoms with Crippen LogP contribution in [0.5, 0.6) is 5.75 Å². The molecule has 1 rings (SSSR count). The van der Waals surface area contributed by atoms with Crippen LogP contribution in [0.2, 0.25) is 0 Å². The number of Topliss-reactive ketones (excluding diaryl/α,β-unsaturated/α-hetero) is 1. The van der Waals surface area contributed by atoms with Gasteiger partial charge in [-0.2, -0.15) is 0 Å². The van der Waals surface area contributed by atoms with Crippen molar-refractivity contribution in [2.24, 2.45) is 0 Å².